The van der Waals surface area contributed by atoms with E-state index in [4.69, 9.17) is 26.1 Å². The second-order valence-electron chi connectivity index (χ2n) is 7.05. The molecular formula is C23H18ClN3O3S. The summed E-state index contributed by atoms with van der Waals surface area (Å²) in [6, 6.07) is 15.0. The molecule has 31 heavy (non-hydrogen) atoms. The molecule has 0 spiro atoms. The van der Waals surface area contributed by atoms with Crippen molar-refractivity contribution in [3.8, 4) is 11.5 Å². The van der Waals surface area contributed by atoms with Gasteiger partial charge < -0.3 is 9.47 Å². The highest BCUT2D eigenvalue weighted by Gasteiger charge is 2.18. The van der Waals surface area contributed by atoms with Crippen LogP contribution < -0.4 is 15.0 Å². The van der Waals surface area contributed by atoms with E-state index in [1.54, 1.807) is 23.0 Å². The van der Waals surface area contributed by atoms with Crippen molar-refractivity contribution in [2.75, 3.05) is 13.2 Å². The number of hydrogen-bond acceptors (Lipinski definition) is 6. The molecule has 0 aliphatic carbocycles. The average molecular weight is 452 g/mol. The Morgan fingerprint density at radius 1 is 1.06 bits per heavy atom. The first-order chi connectivity index (χ1) is 15.2. The van der Waals surface area contributed by atoms with Gasteiger partial charge in [0.05, 0.1) is 22.5 Å². The van der Waals surface area contributed by atoms with Crippen LogP contribution >= 0.6 is 23.4 Å². The third kappa shape index (κ3) is 4.11. The Labute approximate surface area is 187 Å². The van der Waals surface area contributed by atoms with Gasteiger partial charge >= 0.3 is 0 Å². The number of aromatic nitrogens is 3. The summed E-state index contributed by atoms with van der Waals surface area (Å²) in [5.74, 6) is 1.81. The van der Waals surface area contributed by atoms with Crippen LogP contribution in [0.5, 0.6) is 11.5 Å². The molecule has 4 aromatic rings. The first-order valence-corrected chi connectivity index (χ1v) is 11.1. The van der Waals surface area contributed by atoms with E-state index in [-0.39, 0.29) is 5.56 Å². The highest BCUT2D eigenvalue weighted by Crippen LogP contribution is 2.39. The van der Waals surface area contributed by atoms with Crippen LogP contribution in [-0.2, 0) is 12.3 Å². The molecular weight excluding hydrogens is 434 g/mol. The van der Waals surface area contributed by atoms with E-state index in [1.807, 2.05) is 42.5 Å². The van der Waals surface area contributed by atoms with Crippen LogP contribution in [0.4, 0.5) is 0 Å². The summed E-state index contributed by atoms with van der Waals surface area (Å²) in [5.41, 5.74) is 2.51. The Morgan fingerprint density at radius 2 is 1.94 bits per heavy atom. The molecule has 8 heteroatoms. The number of fused-ring (bicyclic) bond motifs is 2. The largest absolute Gasteiger partial charge is 0.486 e. The molecule has 0 N–H and O–H groups in total. The Bertz CT molecular complexity index is 1310. The molecule has 2 aromatic heterocycles. The summed E-state index contributed by atoms with van der Waals surface area (Å²) >= 11 is 7.86. The first kappa shape index (κ1) is 19.9. The van der Waals surface area contributed by atoms with Crippen molar-refractivity contribution in [1.82, 2.24) is 14.5 Å². The molecule has 5 rings (SSSR count). The minimum absolute atomic E-state index is 0.0721. The van der Waals surface area contributed by atoms with Crippen molar-refractivity contribution >= 4 is 34.3 Å². The van der Waals surface area contributed by atoms with Crippen molar-refractivity contribution in [1.29, 1.82) is 0 Å². The van der Waals surface area contributed by atoms with Gasteiger partial charge in [-0.1, -0.05) is 41.6 Å². The van der Waals surface area contributed by atoms with Crippen molar-refractivity contribution in [3.05, 3.63) is 87.4 Å². The second-order valence-corrected chi connectivity index (χ2v) is 8.40. The maximum atomic E-state index is 13.2. The molecule has 0 atom stereocenters. The van der Waals surface area contributed by atoms with E-state index < -0.39 is 0 Å². The molecule has 0 fully saturated rings. The first-order valence-electron chi connectivity index (χ1n) is 9.78. The van der Waals surface area contributed by atoms with Gasteiger partial charge in [-0.3, -0.25) is 14.3 Å². The zero-order valence-corrected chi connectivity index (χ0v) is 18.0. The summed E-state index contributed by atoms with van der Waals surface area (Å²) < 4.78 is 13.0. The minimum Gasteiger partial charge on any atom is -0.486 e. The number of nitrogens with zero attached hydrogens (tertiary/aromatic N) is 3. The van der Waals surface area contributed by atoms with Crippen LogP contribution in [0.1, 0.15) is 11.1 Å². The maximum Gasteiger partial charge on any atom is 0.262 e. The van der Waals surface area contributed by atoms with E-state index >= 15 is 0 Å². The molecule has 0 amide bonds. The molecule has 0 saturated heterocycles. The third-order valence-corrected chi connectivity index (χ3v) is 6.24. The molecule has 0 saturated carbocycles. The van der Waals surface area contributed by atoms with Gasteiger partial charge in [0, 0.05) is 18.1 Å². The molecule has 2 aromatic carbocycles. The zero-order valence-electron chi connectivity index (χ0n) is 16.5. The lowest BCUT2D eigenvalue weighted by atomic mass is 10.2. The van der Waals surface area contributed by atoms with Gasteiger partial charge in [0.25, 0.3) is 5.56 Å². The monoisotopic (exact) mass is 451 g/mol. The van der Waals surface area contributed by atoms with E-state index in [0.29, 0.717) is 58.1 Å². The lowest BCUT2D eigenvalue weighted by molar-refractivity contribution is 0.171. The Hall–Kier alpha value is -3.03. The number of para-hydroxylation sites is 1. The van der Waals surface area contributed by atoms with Crippen LogP contribution in [0.2, 0.25) is 5.02 Å². The fourth-order valence-corrected chi connectivity index (χ4v) is 4.68. The predicted octanol–water partition coefficient (Wildman–Crippen LogP) is 4.56. The SMILES string of the molecule is O=c1c2ccccc2nc(SCc2cc(Cl)c3c(c2)OCCO3)n1Cc1cccnc1. The molecule has 6 nitrogen and oxygen atoms in total. The van der Waals surface area contributed by atoms with Crippen molar-refractivity contribution in [3.63, 3.8) is 0 Å². The van der Waals surface area contributed by atoms with E-state index in [2.05, 4.69) is 4.98 Å². The van der Waals surface area contributed by atoms with Gasteiger partial charge in [-0.25, -0.2) is 4.98 Å². The third-order valence-electron chi connectivity index (χ3n) is 4.91. The van der Waals surface area contributed by atoms with Gasteiger partial charge in [-0.2, -0.15) is 0 Å². The number of pyridine rings is 1. The van der Waals surface area contributed by atoms with Crippen molar-refractivity contribution in [2.24, 2.45) is 0 Å². The summed E-state index contributed by atoms with van der Waals surface area (Å²) in [5, 5.41) is 1.75. The van der Waals surface area contributed by atoms with Crippen LogP contribution in [-0.4, -0.2) is 27.7 Å². The Balaban J connectivity index is 1.51. The molecule has 156 valence electrons. The minimum atomic E-state index is -0.0721. The molecule has 0 unspecified atom stereocenters. The highest BCUT2D eigenvalue weighted by atomic mass is 35.5. The van der Waals surface area contributed by atoms with Gasteiger partial charge in [0.2, 0.25) is 0 Å². The molecule has 1 aliphatic heterocycles. The van der Waals surface area contributed by atoms with Gasteiger partial charge in [0.15, 0.2) is 16.7 Å². The molecule has 1 aliphatic rings. The summed E-state index contributed by atoms with van der Waals surface area (Å²) in [4.78, 5) is 22.2. The van der Waals surface area contributed by atoms with Crippen molar-refractivity contribution < 1.29 is 9.47 Å². The number of hydrogen-bond donors (Lipinski definition) is 0. The number of ether oxygens (including phenoxy) is 2. The van der Waals surface area contributed by atoms with Gasteiger partial charge in [-0.05, 0) is 41.5 Å². The second kappa shape index (κ2) is 8.61. The van der Waals surface area contributed by atoms with Crippen LogP contribution in [0, 0.1) is 0 Å². The Morgan fingerprint density at radius 3 is 2.81 bits per heavy atom. The molecule has 0 radical (unpaired) electrons. The number of rotatable bonds is 5. The topological polar surface area (TPSA) is 66.2 Å². The highest BCUT2D eigenvalue weighted by molar-refractivity contribution is 7.98. The van der Waals surface area contributed by atoms with E-state index in [9.17, 15) is 4.79 Å². The average Bonchev–Trinajstić information content (AvgIpc) is 2.80. The molecule has 3 heterocycles. The van der Waals surface area contributed by atoms with Gasteiger partial charge in [-0.15, -0.1) is 0 Å². The van der Waals surface area contributed by atoms with Gasteiger partial charge in [0.1, 0.15) is 13.2 Å². The number of thioether (sulfide) groups is 1. The smallest absolute Gasteiger partial charge is 0.262 e. The standard InChI is InChI=1S/C23H18ClN3O3S/c24-18-10-16(11-20-21(18)30-9-8-29-20)14-31-23-26-19-6-2-1-5-17(19)22(28)27(23)13-15-4-3-7-25-12-15/h1-7,10-12H,8-9,13-14H2. The number of halogens is 1. The summed E-state index contributed by atoms with van der Waals surface area (Å²) in [6.45, 7) is 1.38. The lowest BCUT2D eigenvalue weighted by Gasteiger charge is -2.20. The van der Waals surface area contributed by atoms with Crippen LogP contribution in [0.3, 0.4) is 0 Å². The maximum absolute atomic E-state index is 13.2. The van der Waals surface area contributed by atoms with Crippen LogP contribution in [0.15, 0.2) is 70.9 Å². The quantitative estimate of drug-likeness (QED) is 0.327. The normalized spacial score (nSPS) is 12.8. The fraction of sp³-hybridized carbons (Fsp3) is 0.174. The van der Waals surface area contributed by atoms with E-state index in [0.717, 1.165) is 11.1 Å². The lowest BCUT2D eigenvalue weighted by Crippen LogP contribution is -2.24. The van der Waals surface area contributed by atoms with Crippen molar-refractivity contribution in [2.45, 2.75) is 17.5 Å². The zero-order chi connectivity index (χ0) is 21.2. The van der Waals surface area contributed by atoms with Crippen LogP contribution in [0.25, 0.3) is 10.9 Å². The Kier molecular flexibility index (Phi) is 5.53. The van der Waals surface area contributed by atoms with E-state index in [1.165, 1.54) is 11.8 Å². The predicted molar refractivity (Wildman–Crippen MR) is 121 cm³/mol. The number of benzene rings is 2. The summed E-state index contributed by atoms with van der Waals surface area (Å²) in [7, 11) is 0. The summed E-state index contributed by atoms with van der Waals surface area (Å²) in [6.07, 6.45) is 3.48. The molecule has 0 bridgehead atoms. The fourth-order valence-electron chi connectivity index (χ4n) is 3.47.